The van der Waals surface area contributed by atoms with Crippen LogP contribution in [0.2, 0.25) is 0 Å². The van der Waals surface area contributed by atoms with E-state index in [0.29, 0.717) is 5.75 Å². The molecule has 1 saturated heterocycles. The average Bonchev–Trinajstić information content (AvgIpc) is 2.99. The summed E-state index contributed by atoms with van der Waals surface area (Å²) < 4.78 is 7.17. The van der Waals surface area contributed by atoms with Crippen LogP contribution in [0, 0.1) is 6.67 Å². The maximum atomic E-state index is 10.9. The molecule has 1 unspecified atom stereocenters. The van der Waals surface area contributed by atoms with Gasteiger partial charge in [0.05, 0.1) is 0 Å². The zero-order valence-corrected chi connectivity index (χ0v) is 14.7. The van der Waals surface area contributed by atoms with Crippen LogP contribution in [-0.4, -0.2) is 29.7 Å². The van der Waals surface area contributed by atoms with Crippen molar-refractivity contribution in [2.75, 3.05) is 13.1 Å². The number of nitrogens with two attached hydrogens (primary N) is 1. The standard InChI is InChI=1S/C10H11NO2.C3H7N2.2ClH.Ru/c1-7-5-3-4-6-9(7)13-8(2)10(11)12;1-2-5-3-4-1;;;/h1,3-6,8H,2H3,(H2,11,12);3-5H,1-2H2;2*1H;/q;-1;;;+2/p-2. The molecule has 120 valence electrons. The fourth-order valence-corrected chi connectivity index (χ4v) is 3.17. The van der Waals surface area contributed by atoms with Gasteiger partial charge in [0.1, 0.15) is 0 Å². The molecule has 0 radical (unpaired) electrons. The molecule has 0 aromatic heterocycles. The Kier molecular flexibility index (Phi) is 9.05. The van der Waals surface area contributed by atoms with E-state index in [1.165, 1.54) is 0 Å². The van der Waals surface area contributed by atoms with E-state index in [2.05, 4.69) is 10.6 Å². The number of hydrogen-bond donors (Lipinski definition) is 3. The van der Waals surface area contributed by atoms with Crippen LogP contribution in [0.4, 0.5) is 0 Å². The number of ether oxygens (including phenoxy) is 1. The Morgan fingerprint density at radius 1 is 1.43 bits per heavy atom. The van der Waals surface area contributed by atoms with Gasteiger partial charge in [-0.05, 0) is 13.1 Å². The second-order valence-electron chi connectivity index (χ2n) is 4.06. The first-order valence-corrected chi connectivity index (χ1v) is 11.7. The Morgan fingerprint density at radius 2 is 2.05 bits per heavy atom. The molecule has 4 N–H and O–H groups in total. The van der Waals surface area contributed by atoms with E-state index in [-0.39, 0.29) is 0 Å². The van der Waals surface area contributed by atoms with Crippen molar-refractivity contribution in [3.63, 3.8) is 0 Å². The molecule has 0 aliphatic carbocycles. The molecule has 8 heteroatoms. The van der Waals surface area contributed by atoms with Crippen LogP contribution >= 0.6 is 19.4 Å². The van der Waals surface area contributed by atoms with E-state index in [1.54, 1.807) is 23.7 Å². The first-order chi connectivity index (χ1) is 10.0. The predicted molar refractivity (Wildman–Crippen MR) is 82.9 cm³/mol. The molecular weight excluding hydrogens is 402 g/mol. The number of halogens is 2. The molecule has 0 bridgehead atoms. The molecule has 1 fully saturated rings. The average molecular weight is 420 g/mol. The largest absolute Gasteiger partial charge is 0.455 e. The number of carbonyl (C=O) groups is 1. The summed E-state index contributed by atoms with van der Waals surface area (Å²) in [6.07, 6.45) is -0.680. The molecule has 1 aromatic rings. The summed E-state index contributed by atoms with van der Waals surface area (Å²) >= 11 is -1.91. The SMILES string of the molecule is CC(Oc1ccccc1[CH]=[Ru]([Cl])[Cl])C(N)=O.[CH-]1NCCN1. The van der Waals surface area contributed by atoms with E-state index < -0.39 is 25.5 Å². The van der Waals surface area contributed by atoms with Gasteiger partial charge in [-0.25, -0.2) is 6.67 Å². The van der Waals surface area contributed by atoms with E-state index in [4.69, 9.17) is 29.9 Å². The van der Waals surface area contributed by atoms with Gasteiger partial charge in [0.25, 0.3) is 0 Å². The van der Waals surface area contributed by atoms with Crippen LogP contribution in [-0.2, 0) is 18.3 Å². The van der Waals surface area contributed by atoms with Crippen LogP contribution in [0.25, 0.3) is 0 Å². The van der Waals surface area contributed by atoms with Crippen molar-refractivity contribution in [1.82, 2.24) is 10.6 Å². The van der Waals surface area contributed by atoms with Crippen LogP contribution < -0.4 is 21.1 Å². The Labute approximate surface area is 137 Å². The molecule has 1 aliphatic heterocycles. The van der Waals surface area contributed by atoms with Crippen molar-refractivity contribution >= 4 is 29.9 Å². The molecule has 1 aromatic carbocycles. The Hall–Kier alpha value is -0.517. The van der Waals surface area contributed by atoms with Crippen molar-refractivity contribution in [2.45, 2.75) is 13.0 Å². The topological polar surface area (TPSA) is 76.4 Å². The molecule has 1 heterocycles. The first-order valence-electron chi connectivity index (χ1n) is 6.17. The number of carbonyl (C=O) groups excluding carboxylic acids is 1. The Morgan fingerprint density at radius 3 is 2.52 bits per heavy atom. The summed E-state index contributed by atoms with van der Waals surface area (Å²) in [6.45, 7) is 5.62. The van der Waals surface area contributed by atoms with Gasteiger partial charge in [0.15, 0.2) is 0 Å². The molecule has 2 rings (SSSR count). The summed E-state index contributed by atoms with van der Waals surface area (Å²) in [5.74, 6) is 0.0505. The maximum Gasteiger partial charge on any atom is -0.0211 e. The van der Waals surface area contributed by atoms with Gasteiger partial charge in [-0.2, -0.15) is 0 Å². The second-order valence-corrected chi connectivity index (χ2v) is 9.78. The van der Waals surface area contributed by atoms with Crippen molar-refractivity contribution in [2.24, 2.45) is 5.73 Å². The third-order valence-electron chi connectivity index (χ3n) is 2.43. The van der Waals surface area contributed by atoms with Crippen LogP contribution in [0.15, 0.2) is 24.3 Å². The number of benzene rings is 1. The molecule has 0 spiro atoms. The Balaban J connectivity index is 0.000000369. The molecule has 5 nitrogen and oxygen atoms in total. The quantitative estimate of drug-likeness (QED) is 0.508. The summed E-state index contributed by atoms with van der Waals surface area (Å²) in [7, 11) is 11.6. The third-order valence-corrected chi connectivity index (χ3v) is 4.26. The fourth-order valence-electron chi connectivity index (χ4n) is 1.36. The molecule has 1 amide bonds. The van der Waals surface area contributed by atoms with Gasteiger partial charge < -0.3 is 10.6 Å². The number of primary amides is 1. The summed E-state index contributed by atoms with van der Waals surface area (Å²) in [5.41, 5.74) is 5.91. The number of para-hydroxylation sites is 1. The molecular formula is C13H18Cl2N3O2Ru-. The van der Waals surface area contributed by atoms with Crippen molar-refractivity contribution < 1.29 is 23.0 Å². The molecule has 0 saturated carbocycles. The summed E-state index contributed by atoms with van der Waals surface area (Å²) in [6, 6.07) is 7.23. The van der Waals surface area contributed by atoms with Gasteiger partial charge >= 0.3 is 107 Å². The van der Waals surface area contributed by atoms with Crippen molar-refractivity contribution in [3.8, 4) is 5.75 Å². The number of nitrogens with one attached hydrogen (secondary N) is 2. The number of hydrogen-bond acceptors (Lipinski definition) is 4. The van der Waals surface area contributed by atoms with Crippen molar-refractivity contribution in [1.29, 1.82) is 0 Å². The normalized spacial score (nSPS) is 15.5. The van der Waals surface area contributed by atoms with Crippen LogP contribution in [0.5, 0.6) is 5.75 Å². The zero-order valence-electron chi connectivity index (χ0n) is 11.5. The van der Waals surface area contributed by atoms with Gasteiger partial charge in [0, 0.05) is 0 Å². The maximum absolute atomic E-state index is 10.9. The van der Waals surface area contributed by atoms with Crippen LogP contribution in [0.1, 0.15) is 12.5 Å². The fraction of sp³-hybridized carbons (Fsp3) is 0.308. The predicted octanol–water partition coefficient (Wildman–Crippen LogP) is 1.31. The summed E-state index contributed by atoms with van der Waals surface area (Å²) in [4.78, 5) is 10.9. The first kappa shape index (κ1) is 18.5. The van der Waals surface area contributed by atoms with E-state index >= 15 is 0 Å². The molecule has 1 atom stereocenters. The van der Waals surface area contributed by atoms with Gasteiger partial charge in [-0.1, -0.05) is 0 Å². The number of rotatable bonds is 4. The minimum atomic E-state index is -1.91. The second kappa shape index (κ2) is 10.2. The molecule has 21 heavy (non-hydrogen) atoms. The monoisotopic (exact) mass is 420 g/mol. The van der Waals surface area contributed by atoms with Crippen LogP contribution in [0.3, 0.4) is 0 Å². The summed E-state index contributed by atoms with van der Waals surface area (Å²) in [5, 5.41) is 5.97. The smallest absolute Gasteiger partial charge is 0.0211 e. The Bertz CT molecular complexity index is 484. The molecule has 1 aliphatic rings. The third kappa shape index (κ3) is 7.88. The van der Waals surface area contributed by atoms with E-state index in [9.17, 15) is 4.79 Å². The van der Waals surface area contributed by atoms with E-state index in [0.717, 1.165) is 18.7 Å². The van der Waals surface area contributed by atoms with Gasteiger partial charge in [-0.3, -0.25) is 0 Å². The number of amides is 1. The van der Waals surface area contributed by atoms with Crippen molar-refractivity contribution in [3.05, 3.63) is 36.5 Å². The van der Waals surface area contributed by atoms with Gasteiger partial charge in [0.2, 0.25) is 0 Å². The minimum absolute atomic E-state index is 0.513. The van der Waals surface area contributed by atoms with Gasteiger partial charge in [-0.15, -0.1) is 0 Å². The minimum Gasteiger partial charge on any atom is -0.455 e. The zero-order chi connectivity index (χ0) is 15.7. The van der Waals surface area contributed by atoms with E-state index in [1.807, 2.05) is 18.8 Å².